The summed E-state index contributed by atoms with van der Waals surface area (Å²) >= 11 is 1.53. The summed E-state index contributed by atoms with van der Waals surface area (Å²) in [5.41, 5.74) is 1.59. The van der Waals surface area contributed by atoms with E-state index in [-0.39, 0.29) is 5.91 Å². The third-order valence-electron chi connectivity index (χ3n) is 4.06. The molecular weight excluding hydrogens is 322 g/mol. The fraction of sp³-hybridized carbons (Fsp3) is 0.412. The maximum absolute atomic E-state index is 12.1. The predicted octanol–water partition coefficient (Wildman–Crippen LogP) is 3.03. The Morgan fingerprint density at radius 3 is 3.08 bits per heavy atom. The summed E-state index contributed by atoms with van der Waals surface area (Å²) in [6.07, 6.45) is 6.31. The van der Waals surface area contributed by atoms with Crippen molar-refractivity contribution in [2.75, 3.05) is 18.4 Å². The Kier molecular flexibility index (Phi) is 5.20. The van der Waals surface area contributed by atoms with Gasteiger partial charge in [0.2, 0.25) is 5.91 Å². The van der Waals surface area contributed by atoms with Crippen LogP contribution >= 0.6 is 11.3 Å². The molecule has 2 aromatic heterocycles. The molecule has 0 aliphatic carbocycles. The quantitative estimate of drug-likeness (QED) is 0.845. The Morgan fingerprint density at radius 1 is 1.46 bits per heavy atom. The van der Waals surface area contributed by atoms with Gasteiger partial charge in [0, 0.05) is 42.0 Å². The maximum Gasteiger partial charge on any atom is 0.248 e. The van der Waals surface area contributed by atoms with Crippen LogP contribution in [0.5, 0.6) is 0 Å². The van der Waals surface area contributed by atoms with E-state index in [2.05, 4.69) is 26.8 Å². The van der Waals surface area contributed by atoms with E-state index in [1.165, 1.54) is 11.3 Å². The maximum atomic E-state index is 12.1. The molecule has 0 radical (unpaired) electrons. The standard InChI is InChI=1S/C17H21N5OS/c1-12(2)16(23)22-6-3-4-13(10-22)8-14-9-15(20-11-19-14)21-17-18-5-7-24-17/h5,7,9,11,13H,1,3-4,6,8,10H2,2H3,(H,18,19,20,21). The van der Waals surface area contributed by atoms with Crippen LogP contribution in [-0.4, -0.2) is 38.8 Å². The fourth-order valence-electron chi connectivity index (χ4n) is 2.95. The van der Waals surface area contributed by atoms with Gasteiger partial charge < -0.3 is 10.2 Å². The molecule has 0 aromatic carbocycles. The molecule has 1 fully saturated rings. The molecule has 24 heavy (non-hydrogen) atoms. The van der Waals surface area contributed by atoms with E-state index in [0.717, 1.165) is 49.0 Å². The van der Waals surface area contributed by atoms with Crippen molar-refractivity contribution in [2.24, 2.45) is 5.92 Å². The molecule has 1 unspecified atom stereocenters. The Bertz CT molecular complexity index is 716. The first kappa shape index (κ1) is 16.6. The number of thiazole rings is 1. The lowest BCUT2D eigenvalue weighted by molar-refractivity contribution is -0.128. The highest BCUT2D eigenvalue weighted by molar-refractivity contribution is 7.13. The van der Waals surface area contributed by atoms with E-state index < -0.39 is 0 Å². The molecule has 3 rings (SSSR count). The van der Waals surface area contributed by atoms with Crippen molar-refractivity contribution in [1.82, 2.24) is 19.9 Å². The SMILES string of the molecule is C=C(C)C(=O)N1CCCC(Cc2cc(Nc3nccs3)ncn2)C1. The van der Waals surface area contributed by atoms with Crippen molar-refractivity contribution in [2.45, 2.75) is 26.2 Å². The number of likely N-dealkylation sites (tertiary alicyclic amines) is 1. The zero-order chi connectivity index (χ0) is 16.9. The van der Waals surface area contributed by atoms with Crippen molar-refractivity contribution in [1.29, 1.82) is 0 Å². The molecule has 2 aromatic rings. The van der Waals surface area contributed by atoms with Crippen LogP contribution in [0.3, 0.4) is 0 Å². The van der Waals surface area contributed by atoms with Crippen molar-refractivity contribution >= 4 is 28.2 Å². The second kappa shape index (κ2) is 7.53. The Balaban J connectivity index is 1.63. The summed E-state index contributed by atoms with van der Waals surface area (Å²) in [4.78, 5) is 26.8. The van der Waals surface area contributed by atoms with Gasteiger partial charge in [0.1, 0.15) is 12.1 Å². The number of carbonyl (C=O) groups excluding carboxylic acids is 1. The number of nitrogens with zero attached hydrogens (tertiary/aromatic N) is 4. The highest BCUT2D eigenvalue weighted by Gasteiger charge is 2.24. The molecule has 7 heteroatoms. The first-order valence-corrected chi connectivity index (χ1v) is 8.92. The predicted molar refractivity (Wildman–Crippen MR) is 95.3 cm³/mol. The van der Waals surface area contributed by atoms with Crippen molar-refractivity contribution < 1.29 is 4.79 Å². The van der Waals surface area contributed by atoms with Gasteiger partial charge in [-0.25, -0.2) is 15.0 Å². The van der Waals surface area contributed by atoms with E-state index in [1.54, 1.807) is 19.4 Å². The van der Waals surface area contributed by atoms with Crippen molar-refractivity contribution in [3.63, 3.8) is 0 Å². The summed E-state index contributed by atoms with van der Waals surface area (Å²) < 4.78 is 0. The van der Waals surface area contributed by atoms with Crippen LogP contribution in [0.1, 0.15) is 25.5 Å². The van der Waals surface area contributed by atoms with E-state index in [9.17, 15) is 4.79 Å². The third kappa shape index (κ3) is 4.17. The van der Waals surface area contributed by atoms with Gasteiger partial charge in [-0.15, -0.1) is 11.3 Å². The topological polar surface area (TPSA) is 71.0 Å². The number of hydrogen-bond donors (Lipinski definition) is 1. The van der Waals surface area contributed by atoms with E-state index >= 15 is 0 Å². The van der Waals surface area contributed by atoms with E-state index in [1.807, 2.05) is 16.3 Å². The summed E-state index contributed by atoms with van der Waals surface area (Å²) in [5.74, 6) is 1.24. The lowest BCUT2D eigenvalue weighted by atomic mass is 9.93. The number of piperidine rings is 1. The number of hydrogen-bond acceptors (Lipinski definition) is 6. The molecule has 0 bridgehead atoms. The Labute approximate surface area is 145 Å². The highest BCUT2D eigenvalue weighted by atomic mass is 32.1. The van der Waals surface area contributed by atoms with Crippen LogP contribution in [-0.2, 0) is 11.2 Å². The molecule has 1 N–H and O–H groups in total. The zero-order valence-corrected chi connectivity index (χ0v) is 14.6. The number of aromatic nitrogens is 3. The molecule has 1 aliphatic heterocycles. The van der Waals surface area contributed by atoms with Crippen LogP contribution in [0.15, 0.2) is 36.1 Å². The van der Waals surface area contributed by atoms with Gasteiger partial charge in [-0.05, 0) is 32.1 Å². The molecule has 1 amide bonds. The highest BCUT2D eigenvalue weighted by Crippen LogP contribution is 2.23. The number of rotatable bonds is 5. The number of anilines is 2. The Morgan fingerprint density at radius 2 is 2.33 bits per heavy atom. The lowest BCUT2D eigenvalue weighted by Gasteiger charge is -2.32. The Hall–Kier alpha value is -2.28. The molecule has 1 saturated heterocycles. The first-order chi connectivity index (χ1) is 11.6. The average Bonchev–Trinajstić information content (AvgIpc) is 3.07. The largest absolute Gasteiger partial charge is 0.339 e. The third-order valence-corrected chi connectivity index (χ3v) is 4.75. The van der Waals surface area contributed by atoms with E-state index in [4.69, 9.17) is 0 Å². The molecule has 6 nitrogen and oxygen atoms in total. The minimum Gasteiger partial charge on any atom is -0.339 e. The zero-order valence-electron chi connectivity index (χ0n) is 13.7. The monoisotopic (exact) mass is 343 g/mol. The number of amides is 1. The molecule has 0 spiro atoms. The summed E-state index contributed by atoms with van der Waals surface area (Å²) in [6, 6.07) is 1.96. The number of carbonyl (C=O) groups is 1. The average molecular weight is 343 g/mol. The molecule has 3 heterocycles. The van der Waals surface area contributed by atoms with Crippen LogP contribution < -0.4 is 5.32 Å². The van der Waals surface area contributed by atoms with Gasteiger partial charge in [-0.3, -0.25) is 4.79 Å². The lowest BCUT2D eigenvalue weighted by Crippen LogP contribution is -2.40. The van der Waals surface area contributed by atoms with Crippen molar-refractivity contribution in [3.05, 3.63) is 41.8 Å². The minimum absolute atomic E-state index is 0.0634. The van der Waals surface area contributed by atoms with Crippen LogP contribution in [0.25, 0.3) is 0 Å². The van der Waals surface area contributed by atoms with Gasteiger partial charge in [-0.1, -0.05) is 6.58 Å². The molecular formula is C17H21N5OS. The van der Waals surface area contributed by atoms with Gasteiger partial charge in [0.25, 0.3) is 0 Å². The van der Waals surface area contributed by atoms with E-state index in [0.29, 0.717) is 11.5 Å². The van der Waals surface area contributed by atoms with Crippen LogP contribution in [0, 0.1) is 5.92 Å². The second-order valence-corrected chi connectivity index (χ2v) is 7.00. The van der Waals surface area contributed by atoms with Crippen molar-refractivity contribution in [3.8, 4) is 0 Å². The van der Waals surface area contributed by atoms with Gasteiger partial charge in [0.05, 0.1) is 0 Å². The first-order valence-electron chi connectivity index (χ1n) is 8.04. The van der Waals surface area contributed by atoms with Gasteiger partial charge >= 0.3 is 0 Å². The van der Waals surface area contributed by atoms with Crippen LogP contribution in [0.2, 0.25) is 0 Å². The fourth-order valence-corrected chi connectivity index (χ4v) is 3.49. The van der Waals surface area contributed by atoms with Gasteiger partial charge in [-0.2, -0.15) is 0 Å². The molecule has 1 atom stereocenters. The molecule has 0 saturated carbocycles. The molecule has 1 aliphatic rings. The molecule has 126 valence electrons. The summed E-state index contributed by atoms with van der Waals surface area (Å²) in [6.45, 7) is 7.12. The summed E-state index contributed by atoms with van der Waals surface area (Å²) in [5, 5.41) is 5.92. The normalized spacial score (nSPS) is 17.5. The second-order valence-electron chi connectivity index (χ2n) is 6.10. The summed E-state index contributed by atoms with van der Waals surface area (Å²) in [7, 11) is 0. The minimum atomic E-state index is 0.0634. The van der Waals surface area contributed by atoms with Crippen LogP contribution in [0.4, 0.5) is 10.9 Å². The smallest absolute Gasteiger partial charge is 0.248 e. The number of nitrogens with one attached hydrogen (secondary N) is 1. The van der Waals surface area contributed by atoms with Gasteiger partial charge in [0.15, 0.2) is 5.13 Å².